The number of allylic oxidation sites excluding steroid dienone is 1. The fraction of sp³-hybridized carbons (Fsp3) is 0.321. The van der Waals surface area contributed by atoms with Crippen molar-refractivity contribution in [3.63, 3.8) is 0 Å². The fourth-order valence-corrected chi connectivity index (χ4v) is 4.68. The van der Waals surface area contributed by atoms with Crippen molar-refractivity contribution in [3.05, 3.63) is 81.8 Å². The second-order valence-corrected chi connectivity index (χ2v) is 9.62. The first-order valence-corrected chi connectivity index (χ1v) is 12.8. The Bertz CT molecular complexity index is 1520. The number of ether oxygens (including phenoxy) is 2. The molecule has 0 atom stereocenters. The summed E-state index contributed by atoms with van der Waals surface area (Å²) < 4.78 is 13.6. The molecular weight excluding hydrogens is 468 g/mol. The Morgan fingerprint density at radius 1 is 1.16 bits per heavy atom. The minimum Gasteiger partial charge on any atom is -0.463 e. The zero-order valence-corrected chi connectivity index (χ0v) is 20.6. The van der Waals surface area contributed by atoms with E-state index < -0.39 is 0 Å². The number of nitrogens with zero attached hydrogens (tertiary/aromatic N) is 3. The standard InChI is InChI=1S/C28H30N6O3/c29-25-24-26-33-27(32-25)36-13-3-1-2-7-20-14-19(17-34(26)28(35)31-24)11-12-23(20)37-22-10-4-6-18(15-22)16-30-21-8-5-9-21/h1-2,4,6,10-12,14-15,21,30H,3,5,7-9,13,16-17H2,(H,31,35)(H2,29,32,33)/b2-1-. The number of aromatic amines is 1. The molecular formula is C28H30N6O3. The summed E-state index contributed by atoms with van der Waals surface area (Å²) >= 11 is 0. The van der Waals surface area contributed by atoms with Crippen LogP contribution in [0.4, 0.5) is 5.82 Å². The Kier molecular flexibility index (Phi) is 6.36. The van der Waals surface area contributed by atoms with Crippen LogP contribution in [0.1, 0.15) is 42.4 Å². The molecule has 0 spiro atoms. The van der Waals surface area contributed by atoms with Crippen molar-refractivity contribution in [2.45, 2.75) is 51.2 Å². The molecule has 4 aromatic rings. The summed E-state index contributed by atoms with van der Waals surface area (Å²) in [5, 5.41) is 3.61. The molecule has 4 bridgehead atoms. The predicted octanol–water partition coefficient (Wildman–Crippen LogP) is 4.07. The van der Waals surface area contributed by atoms with E-state index in [0.29, 0.717) is 43.2 Å². The lowest BCUT2D eigenvalue weighted by Crippen LogP contribution is -2.34. The Hall–Kier alpha value is -4.11. The third-order valence-electron chi connectivity index (χ3n) is 6.94. The number of H-pyrrole nitrogens is 1. The SMILES string of the molecule is Nc1nc2nc3c1[nH]c(=O)n3Cc1ccc(Oc3cccc(CNC4CCC4)c3)c(c1)C/C=C\CCO2. The van der Waals surface area contributed by atoms with Gasteiger partial charge in [0, 0.05) is 12.6 Å². The topological polar surface area (TPSA) is 120 Å². The van der Waals surface area contributed by atoms with Gasteiger partial charge in [0.1, 0.15) is 17.0 Å². The molecule has 0 radical (unpaired) electrons. The van der Waals surface area contributed by atoms with Crippen molar-refractivity contribution in [2.24, 2.45) is 0 Å². The van der Waals surface area contributed by atoms with Gasteiger partial charge in [0.05, 0.1) is 13.2 Å². The molecule has 0 unspecified atom stereocenters. The lowest BCUT2D eigenvalue weighted by atomic mass is 9.93. The third-order valence-corrected chi connectivity index (χ3v) is 6.94. The predicted molar refractivity (Wildman–Crippen MR) is 142 cm³/mol. The molecule has 1 aliphatic heterocycles. The second kappa shape index (κ2) is 10.1. The van der Waals surface area contributed by atoms with E-state index in [1.54, 1.807) is 4.57 Å². The number of nitrogens with two attached hydrogens (primary N) is 1. The summed E-state index contributed by atoms with van der Waals surface area (Å²) in [5.74, 6) is 1.79. The minimum absolute atomic E-state index is 0.165. The van der Waals surface area contributed by atoms with Gasteiger partial charge in [-0.3, -0.25) is 4.57 Å². The van der Waals surface area contributed by atoms with Gasteiger partial charge >= 0.3 is 11.7 Å². The Morgan fingerprint density at radius 2 is 2.08 bits per heavy atom. The number of imidazole rings is 1. The number of hydrogen-bond donors (Lipinski definition) is 3. The normalized spacial score (nSPS) is 16.6. The highest BCUT2D eigenvalue weighted by molar-refractivity contribution is 5.82. The van der Waals surface area contributed by atoms with Gasteiger partial charge in [0.2, 0.25) is 0 Å². The zero-order valence-electron chi connectivity index (χ0n) is 20.6. The van der Waals surface area contributed by atoms with E-state index in [9.17, 15) is 4.79 Å². The van der Waals surface area contributed by atoms with Crippen molar-refractivity contribution in [3.8, 4) is 17.5 Å². The number of nitrogen functional groups attached to an aromatic ring is 1. The molecule has 6 rings (SSSR count). The van der Waals surface area contributed by atoms with Crippen LogP contribution in [0.15, 0.2) is 59.4 Å². The number of nitrogens with one attached hydrogen (secondary N) is 2. The van der Waals surface area contributed by atoms with E-state index in [2.05, 4.69) is 50.6 Å². The van der Waals surface area contributed by atoms with Crippen LogP contribution in [-0.4, -0.2) is 32.2 Å². The first kappa shape index (κ1) is 23.3. The molecule has 2 aromatic heterocycles. The molecule has 0 saturated heterocycles. The highest BCUT2D eigenvalue weighted by Crippen LogP contribution is 2.29. The minimum atomic E-state index is -0.297. The fourth-order valence-electron chi connectivity index (χ4n) is 4.68. The van der Waals surface area contributed by atoms with Crippen LogP contribution in [0.25, 0.3) is 11.2 Å². The van der Waals surface area contributed by atoms with Crippen LogP contribution < -0.4 is 26.2 Å². The van der Waals surface area contributed by atoms with Gasteiger partial charge < -0.3 is 25.5 Å². The zero-order chi connectivity index (χ0) is 25.2. The van der Waals surface area contributed by atoms with Gasteiger partial charge in [-0.2, -0.15) is 9.97 Å². The molecule has 190 valence electrons. The van der Waals surface area contributed by atoms with Crippen molar-refractivity contribution in [1.29, 1.82) is 0 Å². The Balaban J connectivity index is 1.30. The van der Waals surface area contributed by atoms with Gasteiger partial charge in [-0.1, -0.05) is 36.8 Å². The summed E-state index contributed by atoms with van der Waals surface area (Å²) in [5.41, 5.74) is 9.80. The quantitative estimate of drug-likeness (QED) is 0.355. The molecule has 9 heteroatoms. The van der Waals surface area contributed by atoms with Gasteiger partial charge in [0.25, 0.3) is 0 Å². The molecule has 2 aliphatic rings. The van der Waals surface area contributed by atoms with E-state index in [1.807, 2.05) is 24.3 Å². The van der Waals surface area contributed by atoms with E-state index in [1.165, 1.54) is 24.8 Å². The van der Waals surface area contributed by atoms with Gasteiger partial charge in [0.15, 0.2) is 11.5 Å². The summed E-state index contributed by atoms with van der Waals surface area (Å²) in [4.78, 5) is 24.1. The Morgan fingerprint density at radius 3 is 2.95 bits per heavy atom. The van der Waals surface area contributed by atoms with Crippen LogP contribution in [-0.2, 0) is 19.5 Å². The number of hydrogen-bond acceptors (Lipinski definition) is 7. The average molecular weight is 499 g/mol. The monoisotopic (exact) mass is 498 g/mol. The van der Waals surface area contributed by atoms with Gasteiger partial charge in [-0.25, -0.2) is 4.79 Å². The smallest absolute Gasteiger partial charge is 0.328 e. The largest absolute Gasteiger partial charge is 0.463 e. The maximum absolute atomic E-state index is 12.7. The van der Waals surface area contributed by atoms with Gasteiger partial charge in [-0.15, -0.1) is 0 Å². The maximum atomic E-state index is 12.7. The average Bonchev–Trinajstić information content (AvgIpc) is 3.17. The first-order valence-electron chi connectivity index (χ1n) is 12.8. The van der Waals surface area contributed by atoms with Crippen molar-refractivity contribution < 1.29 is 9.47 Å². The molecule has 4 N–H and O–H groups in total. The molecule has 2 aromatic carbocycles. The number of aromatic nitrogens is 4. The highest BCUT2D eigenvalue weighted by atomic mass is 16.5. The number of fused-ring (bicyclic) bond motifs is 3. The van der Waals surface area contributed by atoms with Gasteiger partial charge in [-0.05, 0) is 66.6 Å². The lowest BCUT2D eigenvalue weighted by molar-refractivity contribution is 0.300. The van der Waals surface area contributed by atoms with Crippen molar-refractivity contribution in [1.82, 2.24) is 24.8 Å². The van der Waals surface area contributed by atoms with E-state index in [-0.39, 0.29) is 17.5 Å². The molecule has 9 nitrogen and oxygen atoms in total. The third kappa shape index (κ3) is 5.08. The van der Waals surface area contributed by atoms with Crippen LogP contribution in [0.3, 0.4) is 0 Å². The lowest BCUT2D eigenvalue weighted by Gasteiger charge is -2.26. The van der Waals surface area contributed by atoms with Crippen LogP contribution in [0, 0.1) is 0 Å². The van der Waals surface area contributed by atoms with Crippen LogP contribution >= 0.6 is 0 Å². The van der Waals surface area contributed by atoms with Crippen LogP contribution in [0.5, 0.6) is 17.5 Å². The summed E-state index contributed by atoms with van der Waals surface area (Å²) in [6.45, 7) is 1.57. The van der Waals surface area contributed by atoms with Crippen molar-refractivity contribution in [2.75, 3.05) is 12.3 Å². The van der Waals surface area contributed by atoms with Crippen LogP contribution in [0.2, 0.25) is 0 Å². The molecule has 1 aliphatic carbocycles. The van der Waals surface area contributed by atoms with E-state index in [4.69, 9.17) is 15.2 Å². The highest BCUT2D eigenvalue weighted by Gasteiger charge is 2.17. The summed E-state index contributed by atoms with van der Waals surface area (Å²) in [7, 11) is 0. The molecule has 0 amide bonds. The first-order chi connectivity index (χ1) is 18.1. The van der Waals surface area contributed by atoms with E-state index in [0.717, 1.165) is 29.2 Å². The second-order valence-electron chi connectivity index (χ2n) is 9.62. The molecule has 1 saturated carbocycles. The van der Waals surface area contributed by atoms with E-state index >= 15 is 0 Å². The maximum Gasteiger partial charge on any atom is 0.328 e. The Labute approximate surface area is 214 Å². The summed E-state index contributed by atoms with van der Waals surface area (Å²) in [6.07, 6.45) is 9.40. The molecule has 3 heterocycles. The number of benzene rings is 2. The molecule has 37 heavy (non-hydrogen) atoms. The number of anilines is 1. The molecule has 1 fully saturated rings. The summed E-state index contributed by atoms with van der Waals surface area (Å²) in [6, 6.07) is 15.1. The number of rotatable bonds is 5. The van der Waals surface area contributed by atoms with Crippen molar-refractivity contribution >= 4 is 17.0 Å².